The number of esters is 1. The SMILES string of the molecule is CCOC(=O)c1cccc(NC(=S)NCc2ccc(-n3ccnc3C)cc2)c1C. The van der Waals surface area contributed by atoms with Crippen LogP contribution in [-0.4, -0.2) is 27.2 Å². The quantitative estimate of drug-likeness (QED) is 0.472. The average molecular weight is 409 g/mol. The van der Waals surface area contributed by atoms with E-state index in [0.29, 0.717) is 23.8 Å². The van der Waals surface area contributed by atoms with E-state index in [1.54, 1.807) is 25.3 Å². The van der Waals surface area contributed by atoms with E-state index in [0.717, 1.165) is 28.3 Å². The van der Waals surface area contributed by atoms with E-state index in [-0.39, 0.29) is 5.97 Å². The summed E-state index contributed by atoms with van der Waals surface area (Å²) in [5, 5.41) is 6.85. The first-order valence-electron chi connectivity index (χ1n) is 9.40. The van der Waals surface area contributed by atoms with Crippen molar-refractivity contribution in [1.29, 1.82) is 0 Å². The number of aryl methyl sites for hydroxylation is 1. The number of carbonyl (C=O) groups excluding carboxylic acids is 1. The van der Waals surface area contributed by atoms with Crippen LogP contribution in [0.3, 0.4) is 0 Å². The number of hydrogen-bond donors (Lipinski definition) is 2. The Morgan fingerprint density at radius 1 is 1.17 bits per heavy atom. The van der Waals surface area contributed by atoms with Gasteiger partial charge >= 0.3 is 5.97 Å². The zero-order valence-corrected chi connectivity index (χ0v) is 17.5. The van der Waals surface area contributed by atoms with Crippen molar-refractivity contribution in [3.63, 3.8) is 0 Å². The second-order valence-electron chi connectivity index (χ2n) is 6.52. The van der Waals surface area contributed by atoms with Crippen LogP contribution >= 0.6 is 12.2 Å². The van der Waals surface area contributed by atoms with Gasteiger partial charge in [0, 0.05) is 30.3 Å². The van der Waals surface area contributed by atoms with Crippen molar-refractivity contribution in [2.75, 3.05) is 11.9 Å². The zero-order chi connectivity index (χ0) is 20.8. The zero-order valence-electron chi connectivity index (χ0n) is 16.7. The fourth-order valence-electron chi connectivity index (χ4n) is 2.98. The Kier molecular flexibility index (Phi) is 6.61. The minimum Gasteiger partial charge on any atom is -0.462 e. The smallest absolute Gasteiger partial charge is 0.338 e. The van der Waals surface area contributed by atoms with Gasteiger partial charge in [0.25, 0.3) is 0 Å². The monoisotopic (exact) mass is 408 g/mol. The minimum absolute atomic E-state index is 0.333. The fourth-order valence-corrected chi connectivity index (χ4v) is 3.16. The number of ether oxygens (including phenoxy) is 1. The highest BCUT2D eigenvalue weighted by Gasteiger charge is 2.13. The molecule has 0 saturated carbocycles. The van der Waals surface area contributed by atoms with E-state index in [2.05, 4.69) is 39.9 Å². The summed E-state index contributed by atoms with van der Waals surface area (Å²) >= 11 is 5.41. The Bertz CT molecular complexity index is 1010. The molecule has 1 heterocycles. The number of aromatic nitrogens is 2. The first-order chi connectivity index (χ1) is 14.0. The topological polar surface area (TPSA) is 68.2 Å². The molecule has 0 saturated heterocycles. The number of anilines is 1. The molecular formula is C22H24N4O2S. The third kappa shape index (κ3) is 5.00. The molecule has 0 spiro atoms. The molecule has 0 radical (unpaired) electrons. The van der Waals surface area contributed by atoms with E-state index < -0.39 is 0 Å². The highest BCUT2D eigenvalue weighted by molar-refractivity contribution is 7.80. The van der Waals surface area contributed by atoms with Gasteiger partial charge in [-0.15, -0.1) is 0 Å². The summed E-state index contributed by atoms with van der Waals surface area (Å²) in [5.41, 5.74) is 4.28. The van der Waals surface area contributed by atoms with Crippen molar-refractivity contribution in [3.05, 3.63) is 77.4 Å². The predicted molar refractivity (Wildman–Crippen MR) is 118 cm³/mol. The number of imidazole rings is 1. The van der Waals surface area contributed by atoms with Crippen molar-refractivity contribution in [2.45, 2.75) is 27.3 Å². The van der Waals surface area contributed by atoms with Gasteiger partial charge in [0.2, 0.25) is 0 Å². The molecule has 3 rings (SSSR count). The molecule has 0 bridgehead atoms. The number of hydrogen-bond acceptors (Lipinski definition) is 4. The molecule has 2 N–H and O–H groups in total. The largest absolute Gasteiger partial charge is 0.462 e. The molecule has 29 heavy (non-hydrogen) atoms. The van der Waals surface area contributed by atoms with Crippen LogP contribution in [0.4, 0.5) is 5.69 Å². The molecule has 7 heteroatoms. The van der Waals surface area contributed by atoms with Gasteiger partial charge in [-0.05, 0) is 68.4 Å². The van der Waals surface area contributed by atoms with Crippen LogP contribution in [0.1, 0.15) is 34.2 Å². The van der Waals surface area contributed by atoms with Crippen molar-refractivity contribution in [1.82, 2.24) is 14.9 Å². The van der Waals surface area contributed by atoms with Crippen molar-refractivity contribution in [2.24, 2.45) is 0 Å². The fraction of sp³-hybridized carbons (Fsp3) is 0.227. The number of thiocarbonyl (C=S) groups is 1. The number of nitrogens with zero attached hydrogens (tertiary/aromatic N) is 2. The number of nitrogens with one attached hydrogen (secondary N) is 2. The molecule has 0 fully saturated rings. The summed E-state index contributed by atoms with van der Waals surface area (Å²) in [6.07, 6.45) is 3.72. The molecule has 0 amide bonds. The third-order valence-electron chi connectivity index (χ3n) is 4.57. The van der Waals surface area contributed by atoms with Crippen molar-refractivity contribution < 1.29 is 9.53 Å². The van der Waals surface area contributed by atoms with E-state index in [4.69, 9.17) is 17.0 Å². The maximum atomic E-state index is 12.0. The number of carbonyl (C=O) groups is 1. The molecular weight excluding hydrogens is 384 g/mol. The van der Waals surface area contributed by atoms with Crippen molar-refractivity contribution >= 4 is 29.0 Å². The minimum atomic E-state index is -0.333. The second kappa shape index (κ2) is 9.34. The normalized spacial score (nSPS) is 10.4. The highest BCUT2D eigenvalue weighted by atomic mass is 32.1. The average Bonchev–Trinajstić information content (AvgIpc) is 3.14. The standard InChI is InChI=1S/C22H24N4O2S/c1-4-28-21(27)19-6-5-7-20(15(19)2)25-22(29)24-14-17-8-10-18(11-9-17)26-13-12-23-16(26)3/h5-13H,4,14H2,1-3H3,(H2,24,25,29). The molecule has 0 aliphatic carbocycles. The van der Waals surface area contributed by atoms with E-state index in [1.807, 2.05) is 30.7 Å². The van der Waals surface area contributed by atoms with Gasteiger partial charge in [-0.25, -0.2) is 9.78 Å². The van der Waals surface area contributed by atoms with Gasteiger partial charge in [-0.3, -0.25) is 0 Å². The van der Waals surface area contributed by atoms with Crippen LogP contribution < -0.4 is 10.6 Å². The Hall–Kier alpha value is -3.19. The summed E-state index contributed by atoms with van der Waals surface area (Å²) in [5.74, 6) is 0.613. The van der Waals surface area contributed by atoms with E-state index in [1.165, 1.54) is 0 Å². The lowest BCUT2D eigenvalue weighted by molar-refractivity contribution is 0.0525. The Balaban J connectivity index is 1.60. The molecule has 0 atom stereocenters. The third-order valence-corrected chi connectivity index (χ3v) is 4.82. The lowest BCUT2D eigenvalue weighted by atomic mass is 10.1. The molecule has 1 aromatic heterocycles. The second-order valence-corrected chi connectivity index (χ2v) is 6.93. The maximum Gasteiger partial charge on any atom is 0.338 e. The van der Waals surface area contributed by atoms with Gasteiger partial charge in [-0.2, -0.15) is 0 Å². The highest BCUT2D eigenvalue weighted by Crippen LogP contribution is 2.20. The molecule has 0 unspecified atom stereocenters. The van der Waals surface area contributed by atoms with Gasteiger partial charge in [0.1, 0.15) is 5.82 Å². The van der Waals surface area contributed by atoms with Gasteiger partial charge < -0.3 is 19.9 Å². The van der Waals surface area contributed by atoms with Gasteiger partial charge in [-0.1, -0.05) is 18.2 Å². The molecule has 0 aliphatic rings. The van der Waals surface area contributed by atoms with Crippen LogP contribution in [0.2, 0.25) is 0 Å². The molecule has 2 aromatic carbocycles. The first kappa shape index (κ1) is 20.5. The Labute approximate surface area is 175 Å². The maximum absolute atomic E-state index is 12.0. The van der Waals surface area contributed by atoms with Crippen LogP contribution in [0.15, 0.2) is 54.9 Å². The molecule has 0 aliphatic heterocycles. The molecule has 3 aromatic rings. The summed E-state index contributed by atoms with van der Waals surface area (Å²) in [6, 6.07) is 13.6. The van der Waals surface area contributed by atoms with Crippen LogP contribution in [0.5, 0.6) is 0 Å². The van der Waals surface area contributed by atoms with E-state index in [9.17, 15) is 4.79 Å². The van der Waals surface area contributed by atoms with E-state index >= 15 is 0 Å². The summed E-state index contributed by atoms with van der Waals surface area (Å²) in [6.45, 7) is 6.56. The molecule has 6 nitrogen and oxygen atoms in total. The molecule has 150 valence electrons. The van der Waals surface area contributed by atoms with Gasteiger partial charge in [0.05, 0.1) is 12.2 Å². The van der Waals surface area contributed by atoms with Crippen LogP contribution in [-0.2, 0) is 11.3 Å². The van der Waals surface area contributed by atoms with Gasteiger partial charge in [0.15, 0.2) is 5.11 Å². The Morgan fingerprint density at radius 2 is 1.93 bits per heavy atom. The first-order valence-corrected chi connectivity index (χ1v) is 9.81. The van der Waals surface area contributed by atoms with Crippen LogP contribution in [0, 0.1) is 13.8 Å². The number of rotatable bonds is 6. The van der Waals surface area contributed by atoms with Crippen LogP contribution in [0.25, 0.3) is 5.69 Å². The number of benzene rings is 2. The lowest BCUT2D eigenvalue weighted by Crippen LogP contribution is -2.28. The van der Waals surface area contributed by atoms with Crippen molar-refractivity contribution in [3.8, 4) is 5.69 Å². The summed E-state index contributed by atoms with van der Waals surface area (Å²) in [7, 11) is 0. The summed E-state index contributed by atoms with van der Waals surface area (Å²) in [4.78, 5) is 16.3. The summed E-state index contributed by atoms with van der Waals surface area (Å²) < 4.78 is 7.13. The predicted octanol–water partition coefficient (Wildman–Crippen LogP) is 4.15. The lowest BCUT2D eigenvalue weighted by Gasteiger charge is -2.15. The Morgan fingerprint density at radius 3 is 2.59 bits per heavy atom.